The Bertz CT molecular complexity index is 88.9. The molecule has 0 bridgehead atoms. The zero-order valence-electron chi connectivity index (χ0n) is 6.40. The minimum atomic E-state index is -0.581. The van der Waals surface area contributed by atoms with Crippen LogP contribution in [0.3, 0.4) is 0 Å². The maximum atomic E-state index is 10.9. The molecule has 0 atom stereocenters. The average Bonchev–Trinajstić information content (AvgIpc) is 1.63. The summed E-state index contributed by atoms with van der Waals surface area (Å²) in [6.07, 6.45) is 0.833. The van der Waals surface area contributed by atoms with Gasteiger partial charge in [0.2, 0.25) is 0 Å². The van der Waals surface area contributed by atoms with E-state index in [2.05, 4.69) is 20.8 Å². The van der Waals surface area contributed by atoms with E-state index in [-0.39, 0.29) is 0 Å². The van der Waals surface area contributed by atoms with Gasteiger partial charge in [0.15, 0.2) is 0 Å². The van der Waals surface area contributed by atoms with E-state index in [4.69, 9.17) is 0 Å². The fraction of sp³-hybridized carbons (Fsp3) is 0.857. The van der Waals surface area contributed by atoms with Gasteiger partial charge in [-0.2, -0.15) is 0 Å². The molecule has 0 aliphatic carbocycles. The van der Waals surface area contributed by atoms with Crippen molar-refractivity contribution < 1.29 is 4.79 Å². The number of hydrogen-bond donors (Lipinski definition) is 0. The Hall–Kier alpha value is 0.469. The van der Waals surface area contributed by atoms with Crippen molar-refractivity contribution in [3.05, 3.63) is 0 Å². The molecule has 0 saturated carbocycles. The van der Waals surface area contributed by atoms with Gasteiger partial charge in [-0.05, 0) is 0 Å². The van der Waals surface area contributed by atoms with Gasteiger partial charge >= 0.3 is 67.3 Å². The molecule has 0 unspecified atom stereocenters. The quantitative estimate of drug-likeness (QED) is 0.675. The topological polar surface area (TPSA) is 17.1 Å². The number of hydrogen-bond acceptors (Lipinski definition) is 1. The zero-order valence-corrected chi connectivity index (χ0v) is 9.25. The molecule has 2 radical (unpaired) electrons. The summed E-state index contributed by atoms with van der Waals surface area (Å²) in [7, 11) is 0. The van der Waals surface area contributed by atoms with E-state index in [0.717, 1.165) is 10.9 Å². The summed E-state index contributed by atoms with van der Waals surface area (Å²) in [6.45, 7) is 6.32. The molecule has 0 spiro atoms. The van der Waals surface area contributed by atoms with Gasteiger partial charge in [-0.1, -0.05) is 0 Å². The van der Waals surface area contributed by atoms with Crippen molar-refractivity contribution in [1.82, 2.24) is 0 Å². The normalized spacial score (nSPS) is 10.2. The molecule has 1 nitrogen and oxygen atoms in total. The van der Waals surface area contributed by atoms with Crippen molar-refractivity contribution in [2.24, 2.45) is 5.92 Å². The van der Waals surface area contributed by atoms with Crippen LogP contribution in [0.25, 0.3) is 0 Å². The van der Waals surface area contributed by atoms with Crippen molar-refractivity contribution >= 4 is 24.9 Å². The number of carbonyl (C=O) groups is 1. The van der Waals surface area contributed by atoms with Crippen LogP contribution in [0.2, 0.25) is 4.44 Å². The van der Waals surface area contributed by atoms with Gasteiger partial charge in [0.1, 0.15) is 0 Å². The molecule has 0 fully saturated rings. The van der Waals surface area contributed by atoms with E-state index in [1.807, 2.05) is 0 Å². The second-order valence-electron chi connectivity index (χ2n) is 2.55. The molecule has 0 rings (SSSR count). The maximum absolute atomic E-state index is 10.9. The Labute approximate surface area is 67.4 Å². The van der Waals surface area contributed by atoms with Gasteiger partial charge in [0, 0.05) is 0 Å². The second-order valence-corrected chi connectivity index (χ2v) is 7.17. The van der Waals surface area contributed by atoms with Crippen LogP contribution in [-0.4, -0.2) is 24.9 Å². The van der Waals surface area contributed by atoms with Crippen molar-refractivity contribution in [2.45, 2.75) is 31.6 Å². The summed E-state index contributed by atoms with van der Waals surface area (Å²) in [5.74, 6) is 0.574. The van der Waals surface area contributed by atoms with E-state index in [1.165, 1.54) is 0 Å². The Balaban J connectivity index is 3.27. The molecule has 0 aromatic carbocycles. The summed E-state index contributed by atoms with van der Waals surface area (Å²) in [5, 5.41) is 0. The monoisotopic (exact) mass is 234 g/mol. The van der Waals surface area contributed by atoms with Crippen LogP contribution in [0.4, 0.5) is 0 Å². The van der Waals surface area contributed by atoms with E-state index in [9.17, 15) is 4.79 Å². The first-order valence-electron chi connectivity index (χ1n) is 3.43. The van der Waals surface area contributed by atoms with Crippen LogP contribution in [0.1, 0.15) is 27.2 Å². The minimum absolute atomic E-state index is 0.574. The van der Waals surface area contributed by atoms with E-state index >= 15 is 0 Å². The van der Waals surface area contributed by atoms with Gasteiger partial charge in [-0.3, -0.25) is 0 Å². The third-order valence-electron chi connectivity index (χ3n) is 0.968. The second kappa shape index (κ2) is 5.27. The van der Waals surface area contributed by atoms with Crippen LogP contribution < -0.4 is 0 Å². The third-order valence-corrected chi connectivity index (χ3v) is 3.68. The summed E-state index contributed by atoms with van der Waals surface area (Å²) in [6, 6.07) is 0. The molecular formula is C7H14OSn. The van der Waals surface area contributed by atoms with Crippen molar-refractivity contribution in [3.8, 4) is 0 Å². The van der Waals surface area contributed by atoms with E-state index in [0.29, 0.717) is 9.72 Å². The number of rotatable bonds is 4. The van der Waals surface area contributed by atoms with Crippen LogP contribution >= 0.6 is 0 Å². The molecule has 52 valence electrons. The predicted octanol–water partition coefficient (Wildman–Crippen LogP) is 1.70. The SMILES string of the molecule is C[CH2][Sn][C](=O)CC(C)C. The van der Waals surface area contributed by atoms with Gasteiger partial charge in [-0.25, -0.2) is 0 Å². The van der Waals surface area contributed by atoms with Gasteiger partial charge in [-0.15, -0.1) is 0 Å². The third kappa shape index (κ3) is 6.35. The molecule has 0 aromatic rings. The average molecular weight is 233 g/mol. The van der Waals surface area contributed by atoms with Gasteiger partial charge in [0.05, 0.1) is 0 Å². The summed E-state index contributed by atoms with van der Waals surface area (Å²) < 4.78 is 1.74. The first-order chi connectivity index (χ1) is 4.16. The Morgan fingerprint density at radius 1 is 1.56 bits per heavy atom. The Morgan fingerprint density at radius 3 is 2.44 bits per heavy atom. The van der Waals surface area contributed by atoms with Crippen molar-refractivity contribution in [2.75, 3.05) is 0 Å². The van der Waals surface area contributed by atoms with Crippen LogP contribution in [0, 0.1) is 5.92 Å². The molecule has 0 amide bonds. The van der Waals surface area contributed by atoms with E-state index < -0.39 is 21.1 Å². The van der Waals surface area contributed by atoms with Crippen LogP contribution in [0.5, 0.6) is 0 Å². The molecular weight excluding hydrogens is 219 g/mol. The molecule has 9 heavy (non-hydrogen) atoms. The van der Waals surface area contributed by atoms with Crippen molar-refractivity contribution in [3.63, 3.8) is 0 Å². The first-order valence-corrected chi connectivity index (χ1v) is 6.88. The van der Waals surface area contributed by atoms with Crippen LogP contribution in [0.15, 0.2) is 0 Å². The fourth-order valence-electron chi connectivity index (χ4n) is 0.640. The standard InChI is InChI=1S/C5H9O.C2H5.Sn/c1-5(2)3-4-6;1-2;/h5H,3H2,1-2H3;1H2,2H3;. The molecule has 2 heteroatoms. The zero-order chi connectivity index (χ0) is 7.28. The fourth-order valence-corrected chi connectivity index (χ4v) is 3.34. The molecule has 0 aromatic heterocycles. The van der Waals surface area contributed by atoms with Crippen molar-refractivity contribution in [1.29, 1.82) is 0 Å². The summed E-state index contributed by atoms with van der Waals surface area (Å²) in [4.78, 5) is 10.9. The van der Waals surface area contributed by atoms with Gasteiger partial charge < -0.3 is 0 Å². The van der Waals surface area contributed by atoms with Crippen LogP contribution in [-0.2, 0) is 4.79 Å². The number of carbonyl (C=O) groups excluding carboxylic acids is 1. The molecule has 0 saturated heterocycles. The first kappa shape index (κ1) is 9.47. The molecule has 0 aliphatic rings. The molecule has 0 heterocycles. The molecule has 0 N–H and O–H groups in total. The molecule has 0 aliphatic heterocycles. The Morgan fingerprint density at radius 2 is 2.11 bits per heavy atom. The summed E-state index contributed by atoms with van der Waals surface area (Å²) >= 11 is -0.581. The predicted molar refractivity (Wildman–Crippen MR) is 40.7 cm³/mol. The Kier molecular flexibility index (Phi) is 5.54. The summed E-state index contributed by atoms with van der Waals surface area (Å²) in [5.41, 5.74) is 0. The van der Waals surface area contributed by atoms with Gasteiger partial charge in [0.25, 0.3) is 0 Å². The van der Waals surface area contributed by atoms with E-state index in [1.54, 1.807) is 0 Å².